The summed E-state index contributed by atoms with van der Waals surface area (Å²) in [7, 11) is 0. The van der Waals surface area contributed by atoms with Crippen LogP contribution in [0.4, 0.5) is 0 Å². The SMILES string of the molecule is CC(C)(C)SC(=O)CC(C#Cc1ccccc1)O[C@@H]1CC/C=C\CC/C=C/CC[C@@H]1O. The molecule has 31 heavy (non-hydrogen) atoms. The molecular weight excluding hydrogens is 404 g/mol. The third kappa shape index (κ3) is 11.4. The summed E-state index contributed by atoms with van der Waals surface area (Å²) in [6.07, 6.45) is 12.5. The molecule has 3 nitrogen and oxygen atoms in total. The van der Waals surface area contributed by atoms with Crippen LogP contribution in [0.15, 0.2) is 54.6 Å². The molecule has 1 aliphatic carbocycles. The Morgan fingerprint density at radius 2 is 1.68 bits per heavy atom. The van der Waals surface area contributed by atoms with Crippen molar-refractivity contribution in [3.8, 4) is 11.8 Å². The summed E-state index contributed by atoms with van der Waals surface area (Å²) in [5, 5.41) is 10.8. The van der Waals surface area contributed by atoms with Gasteiger partial charge in [-0.2, -0.15) is 0 Å². The van der Waals surface area contributed by atoms with Crippen molar-refractivity contribution in [2.75, 3.05) is 0 Å². The summed E-state index contributed by atoms with van der Waals surface area (Å²) in [5.74, 6) is 6.30. The molecule has 0 bridgehead atoms. The molecule has 0 saturated carbocycles. The molecule has 0 fully saturated rings. The molecule has 0 saturated heterocycles. The predicted octanol–water partition coefficient (Wildman–Crippen LogP) is 6.07. The van der Waals surface area contributed by atoms with Crippen LogP contribution >= 0.6 is 11.8 Å². The molecule has 0 spiro atoms. The zero-order valence-corrected chi connectivity index (χ0v) is 19.9. The van der Waals surface area contributed by atoms with Gasteiger partial charge in [-0.25, -0.2) is 0 Å². The molecule has 2 rings (SSSR count). The Bertz CT molecular complexity index is 780. The Morgan fingerprint density at radius 1 is 1.06 bits per heavy atom. The maximum atomic E-state index is 12.6. The van der Waals surface area contributed by atoms with E-state index in [-0.39, 0.29) is 22.4 Å². The zero-order valence-electron chi connectivity index (χ0n) is 19.0. The van der Waals surface area contributed by atoms with Crippen LogP contribution in [0.3, 0.4) is 0 Å². The molecule has 4 heteroatoms. The van der Waals surface area contributed by atoms with Gasteiger partial charge in [-0.1, -0.05) is 86.9 Å². The van der Waals surface area contributed by atoms with Crippen LogP contribution in [-0.4, -0.2) is 33.3 Å². The summed E-state index contributed by atoms with van der Waals surface area (Å²) in [6, 6.07) is 9.72. The second-order valence-electron chi connectivity index (χ2n) is 8.83. The fraction of sp³-hybridized carbons (Fsp3) is 0.519. The van der Waals surface area contributed by atoms with Gasteiger partial charge < -0.3 is 9.84 Å². The molecule has 1 N–H and O–H groups in total. The Morgan fingerprint density at radius 3 is 2.32 bits per heavy atom. The van der Waals surface area contributed by atoms with Gasteiger partial charge in [0.25, 0.3) is 0 Å². The van der Waals surface area contributed by atoms with Gasteiger partial charge in [-0.05, 0) is 50.7 Å². The monoisotopic (exact) mass is 440 g/mol. The lowest BCUT2D eigenvalue weighted by atomic mass is 10.0. The largest absolute Gasteiger partial charge is 0.390 e. The first kappa shape index (κ1) is 25.5. The van der Waals surface area contributed by atoms with E-state index >= 15 is 0 Å². The standard InChI is InChI=1S/C27H36O3S/c1-27(2,3)31-26(29)21-23(20-19-22-15-11-10-12-16-22)30-25-18-14-9-7-5-4-6-8-13-17-24(25)28/h6-12,15-16,23-25,28H,4-5,13-14,17-18,21H2,1-3H3/b8-6+,9-7-/t23?,24-,25+/m0/s1. The molecular formula is C27H36O3S. The number of aliphatic hydroxyl groups excluding tert-OH is 1. The molecule has 1 aromatic rings. The highest BCUT2D eigenvalue weighted by Gasteiger charge is 2.26. The molecule has 0 aromatic heterocycles. The third-order valence-electron chi connectivity index (χ3n) is 4.77. The molecule has 1 aliphatic rings. The van der Waals surface area contributed by atoms with E-state index in [9.17, 15) is 9.90 Å². The fourth-order valence-electron chi connectivity index (χ4n) is 3.29. The highest BCUT2D eigenvalue weighted by atomic mass is 32.2. The predicted molar refractivity (Wildman–Crippen MR) is 131 cm³/mol. The lowest BCUT2D eigenvalue weighted by molar-refractivity contribution is -0.116. The molecule has 0 aliphatic heterocycles. The second kappa shape index (κ2) is 13.6. The van der Waals surface area contributed by atoms with E-state index in [4.69, 9.17) is 4.74 Å². The minimum atomic E-state index is -0.580. The summed E-state index contributed by atoms with van der Waals surface area (Å²) in [4.78, 5) is 12.6. The van der Waals surface area contributed by atoms with Gasteiger partial charge in [0, 0.05) is 10.3 Å². The minimum absolute atomic E-state index is 0.0605. The van der Waals surface area contributed by atoms with E-state index in [1.54, 1.807) is 0 Å². The summed E-state index contributed by atoms with van der Waals surface area (Å²) >= 11 is 1.32. The molecule has 0 radical (unpaired) electrons. The number of ether oxygens (including phenoxy) is 1. The smallest absolute Gasteiger partial charge is 0.193 e. The van der Waals surface area contributed by atoms with Gasteiger partial charge in [-0.3, -0.25) is 4.79 Å². The average Bonchev–Trinajstić information content (AvgIpc) is 2.70. The number of benzene rings is 1. The van der Waals surface area contributed by atoms with Crippen LogP contribution in [0.1, 0.15) is 71.3 Å². The van der Waals surface area contributed by atoms with Gasteiger partial charge in [-0.15, -0.1) is 0 Å². The van der Waals surface area contributed by atoms with Crippen LogP contribution in [0, 0.1) is 11.8 Å². The third-order valence-corrected chi connectivity index (χ3v) is 5.78. The van der Waals surface area contributed by atoms with Crippen molar-refractivity contribution in [1.29, 1.82) is 0 Å². The van der Waals surface area contributed by atoms with Crippen LogP contribution < -0.4 is 0 Å². The number of thioether (sulfide) groups is 1. The van der Waals surface area contributed by atoms with Gasteiger partial charge in [0.15, 0.2) is 5.12 Å². The first-order valence-electron chi connectivity index (χ1n) is 11.3. The quantitative estimate of drug-likeness (QED) is 0.456. The van der Waals surface area contributed by atoms with Gasteiger partial charge >= 0.3 is 0 Å². The lowest BCUT2D eigenvalue weighted by Gasteiger charge is -2.26. The molecule has 1 aromatic carbocycles. The maximum absolute atomic E-state index is 12.6. The number of aliphatic hydroxyl groups is 1. The van der Waals surface area contributed by atoms with Crippen molar-refractivity contribution in [3.05, 3.63) is 60.2 Å². The van der Waals surface area contributed by atoms with E-state index in [0.717, 1.165) is 31.2 Å². The second-order valence-corrected chi connectivity index (χ2v) is 10.7. The van der Waals surface area contributed by atoms with Crippen LogP contribution in [-0.2, 0) is 9.53 Å². The van der Waals surface area contributed by atoms with Gasteiger partial charge in [0.1, 0.15) is 6.10 Å². The molecule has 0 heterocycles. The van der Waals surface area contributed by atoms with E-state index in [1.165, 1.54) is 11.8 Å². The van der Waals surface area contributed by atoms with Crippen molar-refractivity contribution in [1.82, 2.24) is 0 Å². The number of rotatable bonds is 4. The Labute approximate surface area is 192 Å². The van der Waals surface area contributed by atoms with E-state index in [1.807, 2.05) is 51.1 Å². The van der Waals surface area contributed by atoms with E-state index in [0.29, 0.717) is 12.8 Å². The highest BCUT2D eigenvalue weighted by Crippen LogP contribution is 2.27. The van der Waals surface area contributed by atoms with Crippen molar-refractivity contribution >= 4 is 16.9 Å². The average molecular weight is 441 g/mol. The zero-order chi connectivity index (χ0) is 22.5. The number of hydrogen-bond acceptors (Lipinski definition) is 4. The van der Waals surface area contributed by atoms with Crippen LogP contribution in [0.5, 0.6) is 0 Å². The number of carbonyl (C=O) groups excluding carboxylic acids is 1. The molecule has 1 unspecified atom stereocenters. The summed E-state index contributed by atoms with van der Waals surface area (Å²) < 4.78 is 6.14. The van der Waals surface area contributed by atoms with Crippen molar-refractivity contribution < 1.29 is 14.6 Å². The van der Waals surface area contributed by atoms with Crippen molar-refractivity contribution in [2.45, 2.75) is 88.8 Å². The van der Waals surface area contributed by atoms with Crippen LogP contribution in [0.2, 0.25) is 0 Å². The van der Waals surface area contributed by atoms with Crippen LogP contribution in [0.25, 0.3) is 0 Å². The Hall–Kier alpha value is -1.80. The lowest BCUT2D eigenvalue weighted by Crippen LogP contribution is -2.33. The first-order chi connectivity index (χ1) is 14.8. The summed E-state index contributed by atoms with van der Waals surface area (Å²) in [5.41, 5.74) is 0.888. The topological polar surface area (TPSA) is 46.5 Å². The Balaban J connectivity index is 2.15. The Kier molecular flexibility index (Phi) is 11.2. The normalized spacial score (nSPS) is 23.4. The number of allylic oxidation sites excluding steroid dienone is 4. The highest BCUT2D eigenvalue weighted by molar-refractivity contribution is 8.14. The van der Waals surface area contributed by atoms with Crippen molar-refractivity contribution in [3.63, 3.8) is 0 Å². The minimum Gasteiger partial charge on any atom is -0.390 e. The molecule has 168 valence electrons. The van der Waals surface area contributed by atoms with Gasteiger partial charge in [0.2, 0.25) is 0 Å². The van der Waals surface area contributed by atoms with E-state index < -0.39 is 12.2 Å². The number of carbonyl (C=O) groups is 1. The van der Waals surface area contributed by atoms with Crippen molar-refractivity contribution in [2.24, 2.45) is 0 Å². The van der Waals surface area contributed by atoms with Gasteiger partial charge in [0.05, 0.1) is 18.6 Å². The fourth-order valence-corrected chi connectivity index (χ4v) is 4.21. The number of hydrogen-bond donors (Lipinski definition) is 1. The maximum Gasteiger partial charge on any atom is 0.193 e. The molecule has 3 atom stereocenters. The molecule has 0 amide bonds. The van der Waals surface area contributed by atoms with E-state index in [2.05, 4.69) is 36.1 Å². The first-order valence-corrected chi connectivity index (χ1v) is 12.1. The summed E-state index contributed by atoms with van der Waals surface area (Å²) in [6.45, 7) is 6.08.